The van der Waals surface area contributed by atoms with Crippen molar-refractivity contribution < 1.29 is 19.1 Å². The monoisotopic (exact) mass is 328 g/mol. The highest BCUT2D eigenvalue weighted by molar-refractivity contribution is 5.92. The molecule has 0 fully saturated rings. The minimum absolute atomic E-state index is 0.346. The van der Waals surface area contributed by atoms with Crippen molar-refractivity contribution in [2.45, 2.75) is 12.5 Å². The number of hydrogen-bond acceptors (Lipinski definition) is 4. The lowest BCUT2D eigenvalue weighted by molar-refractivity contribution is -0.142. The Bertz CT molecular complexity index is 688. The van der Waals surface area contributed by atoms with Gasteiger partial charge in [-0.2, -0.15) is 0 Å². The molecule has 0 unspecified atom stereocenters. The fourth-order valence-corrected chi connectivity index (χ4v) is 2.21. The molecule has 0 aromatic heterocycles. The first kappa shape index (κ1) is 17.3. The SMILES string of the molecule is COC(=O)[C@H](Cc1ccccc1)NC(=O)Nc1cccc(OC)c1. The molecule has 0 radical (unpaired) electrons. The van der Waals surface area contributed by atoms with Crippen molar-refractivity contribution in [2.75, 3.05) is 19.5 Å². The Balaban J connectivity index is 2.02. The Morgan fingerprint density at radius 3 is 2.46 bits per heavy atom. The van der Waals surface area contributed by atoms with Crippen molar-refractivity contribution in [1.29, 1.82) is 0 Å². The van der Waals surface area contributed by atoms with Crippen LogP contribution in [0.2, 0.25) is 0 Å². The molecule has 0 aliphatic rings. The summed E-state index contributed by atoms with van der Waals surface area (Å²) in [6.45, 7) is 0. The topological polar surface area (TPSA) is 76.7 Å². The van der Waals surface area contributed by atoms with Crippen LogP contribution in [0.5, 0.6) is 5.75 Å². The number of urea groups is 1. The normalized spacial score (nSPS) is 11.2. The van der Waals surface area contributed by atoms with E-state index in [0.717, 1.165) is 5.56 Å². The number of carbonyl (C=O) groups is 2. The van der Waals surface area contributed by atoms with Gasteiger partial charge in [0.25, 0.3) is 0 Å². The first-order valence-electron chi connectivity index (χ1n) is 7.45. The van der Waals surface area contributed by atoms with Gasteiger partial charge in [0.15, 0.2) is 0 Å². The van der Waals surface area contributed by atoms with E-state index >= 15 is 0 Å². The number of carbonyl (C=O) groups excluding carboxylic acids is 2. The standard InChI is InChI=1S/C18H20N2O4/c1-23-15-10-6-9-14(12-15)19-18(22)20-16(17(21)24-2)11-13-7-4-3-5-8-13/h3-10,12,16H,11H2,1-2H3,(H2,19,20,22)/t16-/m0/s1. The van der Waals surface area contributed by atoms with Gasteiger partial charge >= 0.3 is 12.0 Å². The Morgan fingerprint density at radius 2 is 1.79 bits per heavy atom. The molecule has 2 aromatic carbocycles. The van der Waals surface area contributed by atoms with E-state index in [1.807, 2.05) is 30.3 Å². The third-order valence-corrected chi connectivity index (χ3v) is 3.40. The van der Waals surface area contributed by atoms with Gasteiger partial charge in [-0.25, -0.2) is 9.59 Å². The van der Waals surface area contributed by atoms with Crippen LogP contribution in [0, 0.1) is 0 Å². The summed E-state index contributed by atoms with van der Waals surface area (Å²) in [6, 6.07) is 15.1. The zero-order valence-corrected chi connectivity index (χ0v) is 13.6. The molecule has 0 saturated heterocycles. The van der Waals surface area contributed by atoms with Crippen LogP contribution >= 0.6 is 0 Å². The molecule has 126 valence electrons. The van der Waals surface area contributed by atoms with Gasteiger partial charge in [-0.15, -0.1) is 0 Å². The molecule has 24 heavy (non-hydrogen) atoms. The number of nitrogens with one attached hydrogen (secondary N) is 2. The van der Waals surface area contributed by atoms with E-state index in [1.165, 1.54) is 7.11 Å². The summed E-state index contributed by atoms with van der Waals surface area (Å²) >= 11 is 0. The highest BCUT2D eigenvalue weighted by Gasteiger charge is 2.22. The van der Waals surface area contributed by atoms with Gasteiger partial charge in [-0.3, -0.25) is 0 Å². The van der Waals surface area contributed by atoms with Gasteiger partial charge in [-0.05, 0) is 17.7 Å². The van der Waals surface area contributed by atoms with Crippen LogP contribution in [0.4, 0.5) is 10.5 Å². The maximum Gasteiger partial charge on any atom is 0.328 e. The molecule has 0 spiro atoms. The molecule has 2 rings (SSSR count). The molecule has 2 N–H and O–H groups in total. The number of amides is 2. The molecule has 0 bridgehead atoms. The molecule has 6 nitrogen and oxygen atoms in total. The molecule has 0 aliphatic heterocycles. The molecular formula is C18H20N2O4. The summed E-state index contributed by atoms with van der Waals surface area (Å²) in [5.41, 5.74) is 1.49. The van der Waals surface area contributed by atoms with E-state index in [1.54, 1.807) is 31.4 Å². The van der Waals surface area contributed by atoms with E-state index in [-0.39, 0.29) is 0 Å². The first-order valence-corrected chi connectivity index (χ1v) is 7.45. The Kier molecular flexibility index (Phi) is 6.19. The summed E-state index contributed by atoms with van der Waals surface area (Å²) < 4.78 is 9.88. The van der Waals surface area contributed by atoms with Crippen LogP contribution in [-0.4, -0.2) is 32.3 Å². The second-order valence-electron chi connectivity index (χ2n) is 5.10. The maximum absolute atomic E-state index is 12.2. The van der Waals surface area contributed by atoms with E-state index in [9.17, 15) is 9.59 Å². The fourth-order valence-electron chi connectivity index (χ4n) is 2.21. The van der Waals surface area contributed by atoms with Crippen molar-refractivity contribution in [3.05, 3.63) is 60.2 Å². The minimum Gasteiger partial charge on any atom is -0.497 e. The van der Waals surface area contributed by atoms with E-state index < -0.39 is 18.0 Å². The number of methoxy groups -OCH3 is 2. The predicted octanol–water partition coefficient (Wildman–Crippen LogP) is 2.60. The van der Waals surface area contributed by atoms with Crippen molar-refractivity contribution in [3.8, 4) is 5.75 Å². The second-order valence-corrected chi connectivity index (χ2v) is 5.10. The third-order valence-electron chi connectivity index (χ3n) is 3.40. The third kappa shape index (κ3) is 5.01. The van der Waals surface area contributed by atoms with Gasteiger partial charge in [0.2, 0.25) is 0 Å². The molecule has 0 saturated carbocycles. The van der Waals surface area contributed by atoms with Crippen LogP contribution in [0.15, 0.2) is 54.6 Å². The van der Waals surface area contributed by atoms with E-state index in [4.69, 9.17) is 9.47 Å². The smallest absolute Gasteiger partial charge is 0.328 e. The lowest BCUT2D eigenvalue weighted by Crippen LogP contribution is -2.45. The number of rotatable bonds is 6. The summed E-state index contributed by atoms with van der Waals surface area (Å²) in [4.78, 5) is 24.1. The minimum atomic E-state index is -0.775. The zero-order valence-electron chi connectivity index (χ0n) is 13.6. The lowest BCUT2D eigenvalue weighted by atomic mass is 10.1. The quantitative estimate of drug-likeness (QED) is 0.799. The van der Waals surface area contributed by atoms with Gasteiger partial charge in [0, 0.05) is 18.2 Å². The maximum atomic E-state index is 12.2. The molecule has 0 heterocycles. The molecular weight excluding hydrogens is 308 g/mol. The second kappa shape index (κ2) is 8.57. The van der Waals surface area contributed by atoms with Crippen molar-refractivity contribution in [1.82, 2.24) is 5.32 Å². The molecule has 6 heteroatoms. The van der Waals surface area contributed by atoms with Crippen LogP contribution in [0.25, 0.3) is 0 Å². The number of hydrogen-bond donors (Lipinski definition) is 2. The number of ether oxygens (including phenoxy) is 2. The fraction of sp³-hybridized carbons (Fsp3) is 0.222. The molecule has 2 amide bonds. The summed E-state index contributed by atoms with van der Waals surface area (Å²) in [7, 11) is 2.84. The van der Waals surface area contributed by atoms with Crippen LogP contribution < -0.4 is 15.4 Å². The average molecular weight is 328 g/mol. The Hall–Kier alpha value is -3.02. The first-order chi connectivity index (χ1) is 11.6. The summed E-state index contributed by atoms with van der Waals surface area (Å²) in [5.74, 6) is 0.126. The highest BCUT2D eigenvalue weighted by Crippen LogP contribution is 2.16. The van der Waals surface area contributed by atoms with Crippen molar-refractivity contribution in [2.24, 2.45) is 0 Å². The number of esters is 1. The van der Waals surface area contributed by atoms with E-state index in [0.29, 0.717) is 17.9 Å². The molecule has 1 atom stereocenters. The Labute approximate surface area is 140 Å². The van der Waals surface area contributed by atoms with Gasteiger partial charge in [0.05, 0.1) is 14.2 Å². The van der Waals surface area contributed by atoms with Crippen molar-refractivity contribution >= 4 is 17.7 Å². The van der Waals surface area contributed by atoms with Crippen LogP contribution in [0.1, 0.15) is 5.56 Å². The average Bonchev–Trinajstić information content (AvgIpc) is 2.61. The van der Waals surface area contributed by atoms with Gasteiger partial charge in [0.1, 0.15) is 11.8 Å². The number of anilines is 1. The molecule has 2 aromatic rings. The van der Waals surface area contributed by atoms with Crippen LogP contribution in [-0.2, 0) is 16.0 Å². The summed E-state index contributed by atoms with van der Waals surface area (Å²) in [5, 5.41) is 5.31. The van der Waals surface area contributed by atoms with E-state index in [2.05, 4.69) is 10.6 Å². The predicted molar refractivity (Wildman–Crippen MR) is 91.1 cm³/mol. The summed E-state index contributed by atoms with van der Waals surface area (Å²) in [6.07, 6.45) is 0.346. The number of benzene rings is 2. The highest BCUT2D eigenvalue weighted by atomic mass is 16.5. The lowest BCUT2D eigenvalue weighted by Gasteiger charge is -2.17. The molecule has 0 aliphatic carbocycles. The van der Waals surface area contributed by atoms with Crippen LogP contribution in [0.3, 0.4) is 0 Å². The zero-order chi connectivity index (χ0) is 17.4. The Morgan fingerprint density at radius 1 is 1.04 bits per heavy atom. The van der Waals surface area contributed by atoms with Crippen molar-refractivity contribution in [3.63, 3.8) is 0 Å². The van der Waals surface area contributed by atoms with Gasteiger partial charge < -0.3 is 20.1 Å². The van der Waals surface area contributed by atoms with Gasteiger partial charge in [-0.1, -0.05) is 36.4 Å². The largest absolute Gasteiger partial charge is 0.497 e.